The van der Waals surface area contributed by atoms with Crippen molar-refractivity contribution >= 4 is 23.5 Å². The Labute approximate surface area is 149 Å². The molecule has 0 saturated heterocycles. The smallest absolute Gasteiger partial charge is 0.417 e. The Hall–Kier alpha value is -2.81. The van der Waals surface area contributed by atoms with Gasteiger partial charge in [-0.2, -0.15) is 23.3 Å². The average Bonchev–Trinajstić information content (AvgIpc) is 3.22. The monoisotopic (exact) mass is 382 g/mol. The van der Waals surface area contributed by atoms with Crippen molar-refractivity contribution in [1.82, 2.24) is 14.8 Å². The number of carbonyl (C=O) groups is 1. The van der Waals surface area contributed by atoms with E-state index in [-0.39, 0.29) is 34.6 Å². The molecular weight excluding hydrogens is 373 g/mol. The van der Waals surface area contributed by atoms with Crippen LogP contribution < -0.4 is 5.32 Å². The highest BCUT2D eigenvalue weighted by molar-refractivity contribution is 6.31. The van der Waals surface area contributed by atoms with Crippen LogP contribution in [0.25, 0.3) is 11.3 Å². The molecule has 0 radical (unpaired) electrons. The number of hydrogen-bond donors (Lipinski definition) is 1. The number of halogens is 4. The van der Waals surface area contributed by atoms with Crippen molar-refractivity contribution in [2.75, 3.05) is 5.32 Å². The van der Waals surface area contributed by atoms with Crippen LogP contribution in [0.5, 0.6) is 0 Å². The average molecular weight is 383 g/mol. The fraction of sp³-hybridized carbons (Fsp3) is 0.188. The first-order valence-corrected chi connectivity index (χ1v) is 7.87. The molecule has 1 aromatic carbocycles. The zero-order chi connectivity index (χ0) is 18.5. The summed E-state index contributed by atoms with van der Waals surface area (Å²) < 4.78 is 46.3. The molecule has 0 fully saturated rings. The Morgan fingerprint density at radius 3 is 2.85 bits per heavy atom. The van der Waals surface area contributed by atoms with E-state index in [0.29, 0.717) is 5.76 Å². The van der Waals surface area contributed by atoms with E-state index in [1.807, 2.05) is 0 Å². The lowest BCUT2D eigenvalue weighted by Gasteiger charge is -2.21. The fourth-order valence-electron chi connectivity index (χ4n) is 2.81. The Balaban J connectivity index is 1.71. The van der Waals surface area contributed by atoms with E-state index in [1.54, 1.807) is 12.1 Å². The number of alkyl halides is 3. The summed E-state index contributed by atoms with van der Waals surface area (Å²) in [5, 5.41) is 6.25. The van der Waals surface area contributed by atoms with Crippen LogP contribution in [0.1, 0.15) is 23.8 Å². The van der Waals surface area contributed by atoms with E-state index >= 15 is 0 Å². The minimum absolute atomic E-state index is 0.0811. The van der Waals surface area contributed by atoms with Gasteiger partial charge in [0.25, 0.3) is 0 Å². The highest BCUT2D eigenvalue weighted by atomic mass is 35.5. The minimum Gasteiger partial charge on any atom is -0.459 e. The minimum atomic E-state index is -4.57. The lowest BCUT2D eigenvalue weighted by molar-refractivity contribution is -0.137. The lowest BCUT2D eigenvalue weighted by atomic mass is 10.1. The van der Waals surface area contributed by atoms with E-state index in [9.17, 15) is 18.0 Å². The largest absolute Gasteiger partial charge is 0.459 e. The Morgan fingerprint density at radius 1 is 1.27 bits per heavy atom. The number of furan rings is 1. The zero-order valence-corrected chi connectivity index (χ0v) is 13.7. The zero-order valence-electron chi connectivity index (χ0n) is 12.9. The molecule has 0 bridgehead atoms. The van der Waals surface area contributed by atoms with Gasteiger partial charge < -0.3 is 4.42 Å². The first-order chi connectivity index (χ1) is 12.3. The number of hydrogen-bond acceptors (Lipinski definition) is 4. The molecule has 1 N–H and O–H groups in total. The molecule has 10 heteroatoms. The Kier molecular flexibility index (Phi) is 3.76. The van der Waals surface area contributed by atoms with Crippen LogP contribution in [0.4, 0.5) is 19.1 Å². The van der Waals surface area contributed by atoms with Gasteiger partial charge in [-0.05, 0) is 30.3 Å². The molecule has 0 unspecified atom stereocenters. The van der Waals surface area contributed by atoms with Gasteiger partial charge in [0.1, 0.15) is 23.9 Å². The number of fused-ring (bicyclic) bond motifs is 1. The summed E-state index contributed by atoms with van der Waals surface area (Å²) in [5.74, 6) is 0.661. The maximum atomic E-state index is 13.0. The molecular formula is C16H10ClF3N4O2. The summed E-state index contributed by atoms with van der Waals surface area (Å²) in [6, 6.07) is 6.16. The van der Waals surface area contributed by atoms with E-state index in [1.165, 1.54) is 23.1 Å². The molecule has 1 aliphatic heterocycles. The topological polar surface area (TPSA) is 73.0 Å². The molecule has 134 valence electrons. The van der Waals surface area contributed by atoms with Crippen molar-refractivity contribution in [2.45, 2.75) is 18.6 Å². The number of aromatic nitrogens is 3. The normalized spacial score (nSPS) is 17.1. The number of carbonyl (C=O) groups excluding carboxylic acids is 1. The van der Waals surface area contributed by atoms with E-state index < -0.39 is 17.8 Å². The first kappa shape index (κ1) is 16.6. The fourth-order valence-corrected chi connectivity index (χ4v) is 3.03. The second-order valence-corrected chi connectivity index (χ2v) is 6.10. The van der Waals surface area contributed by atoms with Gasteiger partial charge in [0.2, 0.25) is 11.9 Å². The van der Waals surface area contributed by atoms with Crippen LogP contribution in [0.3, 0.4) is 0 Å². The van der Waals surface area contributed by atoms with E-state index in [4.69, 9.17) is 16.0 Å². The highest BCUT2D eigenvalue weighted by Gasteiger charge is 2.34. The molecule has 1 amide bonds. The van der Waals surface area contributed by atoms with Crippen molar-refractivity contribution in [3.8, 4) is 11.3 Å². The van der Waals surface area contributed by atoms with Crippen molar-refractivity contribution < 1.29 is 22.4 Å². The van der Waals surface area contributed by atoms with Crippen molar-refractivity contribution in [3.63, 3.8) is 0 Å². The van der Waals surface area contributed by atoms with Crippen molar-refractivity contribution in [2.24, 2.45) is 0 Å². The van der Waals surface area contributed by atoms with Crippen LogP contribution in [0.15, 0.2) is 41.1 Å². The van der Waals surface area contributed by atoms with Gasteiger partial charge in [0.05, 0.1) is 17.0 Å². The number of nitrogens with zero attached hydrogens (tertiary/aromatic N) is 3. The summed E-state index contributed by atoms with van der Waals surface area (Å²) in [7, 11) is 0. The third-order valence-electron chi connectivity index (χ3n) is 4.01. The molecule has 0 aliphatic carbocycles. The lowest BCUT2D eigenvalue weighted by Crippen LogP contribution is -2.29. The van der Waals surface area contributed by atoms with E-state index in [0.717, 1.165) is 6.07 Å². The summed E-state index contributed by atoms with van der Waals surface area (Å²) in [6.45, 7) is 0. The van der Waals surface area contributed by atoms with Crippen LogP contribution in [0.2, 0.25) is 5.02 Å². The van der Waals surface area contributed by atoms with Gasteiger partial charge in [-0.15, -0.1) is 0 Å². The second kappa shape index (κ2) is 5.87. The van der Waals surface area contributed by atoms with Crippen molar-refractivity contribution in [3.05, 3.63) is 53.0 Å². The standard InChI is InChI=1S/C16H10ClF3N4O2/c17-10-2-1-8(5-9(10)16(18,19)20)12-3-4-13(26-12)11-6-14(25)23-15-21-7-22-24(11)15/h1-5,7,11H,6H2,(H,21,22,23,25)/t11-/m1/s1. The molecule has 26 heavy (non-hydrogen) atoms. The van der Waals surface area contributed by atoms with Gasteiger partial charge >= 0.3 is 6.18 Å². The molecule has 1 aliphatic rings. The maximum Gasteiger partial charge on any atom is 0.417 e. The second-order valence-electron chi connectivity index (χ2n) is 5.69. The van der Waals surface area contributed by atoms with Crippen LogP contribution in [-0.4, -0.2) is 20.7 Å². The predicted octanol–water partition coefficient (Wildman–Crippen LogP) is 4.14. The molecule has 1 atom stereocenters. The van der Waals surface area contributed by atoms with Gasteiger partial charge in [-0.3, -0.25) is 10.1 Å². The van der Waals surface area contributed by atoms with Gasteiger partial charge in [0.15, 0.2) is 0 Å². The number of anilines is 1. The number of rotatable bonds is 2. The third kappa shape index (κ3) is 2.84. The summed E-state index contributed by atoms with van der Waals surface area (Å²) in [5.41, 5.74) is -0.711. The number of nitrogens with one attached hydrogen (secondary N) is 1. The molecule has 4 rings (SSSR count). The van der Waals surface area contributed by atoms with Crippen LogP contribution >= 0.6 is 11.6 Å². The Morgan fingerprint density at radius 2 is 2.08 bits per heavy atom. The van der Waals surface area contributed by atoms with Crippen LogP contribution in [0, 0.1) is 0 Å². The van der Waals surface area contributed by atoms with E-state index in [2.05, 4.69) is 15.4 Å². The molecule has 2 aromatic heterocycles. The molecule has 3 heterocycles. The summed E-state index contributed by atoms with van der Waals surface area (Å²) in [6.07, 6.45) is -3.19. The van der Waals surface area contributed by atoms with Gasteiger partial charge in [0, 0.05) is 5.56 Å². The SMILES string of the molecule is O=C1C[C@H](c2ccc(-c3ccc(Cl)c(C(F)(F)F)c3)o2)n2ncnc2N1. The van der Waals surface area contributed by atoms with Gasteiger partial charge in [-0.25, -0.2) is 4.68 Å². The quantitative estimate of drug-likeness (QED) is 0.723. The molecule has 0 spiro atoms. The summed E-state index contributed by atoms with van der Waals surface area (Å²) >= 11 is 5.64. The Bertz CT molecular complexity index is 996. The number of benzene rings is 1. The number of amides is 1. The molecule has 3 aromatic rings. The highest BCUT2D eigenvalue weighted by Crippen LogP contribution is 2.38. The summed E-state index contributed by atoms with van der Waals surface area (Å²) in [4.78, 5) is 15.7. The maximum absolute atomic E-state index is 13.0. The van der Waals surface area contributed by atoms with Gasteiger partial charge in [-0.1, -0.05) is 11.6 Å². The first-order valence-electron chi connectivity index (χ1n) is 7.49. The predicted molar refractivity (Wildman–Crippen MR) is 85.6 cm³/mol. The van der Waals surface area contributed by atoms with Crippen LogP contribution in [-0.2, 0) is 11.0 Å². The third-order valence-corrected chi connectivity index (χ3v) is 4.34. The molecule has 0 saturated carbocycles. The van der Waals surface area contributed by atoms with Crippen molar-refractivity contribution in [1.29, 1.82) is 0 Å². The molecule has 6 nitrogen and oxygen atoms in total.